The van der Waals surface area contributed by atoms with Gasteiger partial charge < -0.3 is 9.64 Å². The van der Waals surface area contributed by atoms with Crippen LogP contribution in [0.3, 0.4) is 0 Å². The standard InChI is InChI=1S/C25H27F5N6OS/c1-15-11-21(25(28,29)30)34-36(15)10-9-35-7-5-16(6-8-35)23-33-19(14-38-23)22-31-12-17-3-2-4-20(37-24(26)27)18(17)13-32-22/h2-4,9-11,14,16,22,24,31-32H,5-8,12-13H2,1H3. The Morgan fingerprint density at radius 3 is 2.61 bits per heavy atom. The molecule has 1 aromatic carbocycles. The van der Waals surface area contributed by atoms with Crippen molar-refractivity contribution in [1.29, 1.82) is 0 Å². The molecule has 3 aromatic rings. The van der Waals surface area contributed by atoms with Crippen molar-refractivity contribution in [1.82, 2.24) is 30.3 Å². The molecular formula is C25H27F5N6OS. The van der Waals surface area contributed by atoms with Crippen LogP contribution in [-0.2, 0) is 19.3 Å². The summed E-state index contributed by atoms with van der Waals surface area (Å²) in [5.74, 6) is 0.464. The Hall–Kier alpha value is -3.03. The van der Waals surface area contributed by atoms with Crippen molar-refractivity contribution < 1.29 is 26.7 Å². The zero-order valence-electron chi connectivity index (χ0n) is 20.5. The number of ether oxygens (including phenoxy) is 1. The molecule has 2 aliphatic heterocycles. The third kappa shape index (κ3) is 6.00. The van der Waals surface area contributed by atoms with Gasteiger partial charge in [0.1, 0.15) is 11.9 Å². The lowest BCUT2D eigenvalue weighted by molar-refractivity contribution is -0.141. The summed E-state index contributed by atoms with van der Waals surface area (Å²) < 4.78 is 70.2. The van der Waals surface area contributed by atoms with Crippen molar-refractivity contribution in [3.63, 3.8) is 0 Å². The molecule has 0 spiro atoms. The van der Waals surface area contributed by atoms with Gasteiger partial charge >= 0.3 is 12.8 Å². The third-order valence-electron chi connectivity index (χ3n) is 6.77. The van der Waals surface area contributed by atoms with Gasteiger partial charge in [-0.2, -0.15) is 27.1 Å². The lowest BCUT2D eigenvalue weighted by Gasteiger charge is -2.30. The van der Waals surface area contributed by atoms with E-state index in [-0.39, 0.29) is 17.8 Å². The molecular weight excluding hydrogens is 527 g/mol. The Bertz CT molecular complexity index is 1280. The number of benzene rings is 1. The van der Waals surface area contributed by atoms with Gasteiger partial charge in [-0.1, -0.05) is 12.1 Å². The zero-order chi connectivity index (χ0) is 26.9. The number of halogens is 5. The van der Waals surface area contributed by atoms with Crippen LogP contribution in [0, 0.1) is 6.92 Å². The smallest absolute Gasteiger partial charge is 0.434 e. The molecule has 5 rings (SSSR count). The Kier molecular flexibility index (Phi) is 7.68. The van der Waals surface area contributed by atoms with Crippen LogP contribution in [0.1, 0.15) is 58.1 Å². The van der Waals surface area contributed by atoms with Crippen molar-refractivity contribution in [2.24, 2.45) is 0 Å². The first kappa shape index (κ1) is 26.6. The molecule has 0 aliphatic carbocycles. The molecule has 2 N–H and O–H groups in total. The highest BCUT2D eigenvalue weighted by atomic mass is 32.1. The molecule has 7 nitrogen and oxygen atoms in total. The quantitative estimate of drug-likeness (QED) is 0.394. The maximum Gasteiger partial charge on any atom is 0.435 e. The van der Waals surface area contributed by atoms with Gasteiger partial charge in [0, 0.05) is 61.1 Å². The molecule has 2 aromatic heterocycles. The van der Waals surface area contributed by atoms with Gasteiger partial charge in [-0.15, -0.1) is 11.3 Å². The minimum atomic E-state index is -4.47. The number of alkyl halides is 5. The summed E-state index contributed by atoms with van der Waals surface area (Å²) in [5.41, 5.74) is 1.97. The normalized spacial score (nSPS) is 19.2. The van der Waals surface area contributed by atoms with E-state index in [1.165, 1.54) is 4.68 Å². The average Bonchev–Trinajstić information content (AvgIpc) is 3.45. The highest BCUT2D eigenvalue weighted by Crippen LogP contribution is 2.33. The summed E-state index contributed by atoms with van der Waals surface area (Å²) in [7, 11) is 0. The van der Waals surface area contributed by atoms with E-state index in [9.17, 15) is 22.0 Å². The molecule has 38 heavy (non-hydrogen) atoms. The first-order valence-electron chi connectivity index (χ1n) is 12.2. The fourth-order valence-corrected chi connectivity index (χ4v) is 5.75. The van der Waals surface area contributed by atoms with Crippen LogP contribution in [0.2, 0.25) is 0 Å². The van der Waals surface area contributed by atoms with E-state index in [1.54, 1.807) is 42.8 Å². The topological polar surface area (TPSA) is 67.2 Å². The minimum absolute atomic E-state index is 0.177. The molecule has 2 aliphatic rings. The van der Waals surface area contributed by atoms with Gasteiger partial charge in [-0.25, -0.2) is 9.67 Å². The Morgan fingerprint density at radius 1 is 1.13 bits per heavy atom. The van der Waals surface area contributed by atoms with Crippen LogP contribution in [0.5, 0.6) is 5.75 Å². The number of aryl methyl sites for hydroxylation is 1. The third-order valence-corrected chi connectivity index (χ3v) is 7.80. The summed E-state index contributed by atoms with van der Waals surface area (Å²) in [6.45, 7) is 1.08. The molecule has 1 saturated heterocycles. The summed E-state index contributed by atoms with van der Waals surface area (Å²) in [6, 6.07) is 6.17. The highest BCUT2D eigenvalue weighted by Gasteiger charge is 2.34. The summed E-state index contributed by atoms with van der Waals surface area (Å²) in [5, 5.41) is 13.4. The van der Waals surface area contributed by atoms with Crippen molar-refractivity contribution >= 4 is 17.5 Å². The van der Waals surface area contributed by atoms with Crippen LogP contribution in [0.15, 0.2) is 35.8 Å². The van der Waals surface area contributed by atoms with Gasteiger partial charge in [-0.05, 0) is 37.5 Å². The summed E-state index contributed by atoms with van der Waals surface area (Å²) in [4.78, 5) is 6.95. The Morgan fingerprint density at radius 2 is 1.89 bits per heavy atom. The number of hydrogen-bond donors (Lipinski definition) is 2. The molecule has 1 unspecified atom stereocenters. The van der Waals surface area contributed by atoms with E-state index in [0.717, 1.165) is 48.3 Å². The van der Waals surface area contributed by atoms with Crippen molar-refractivity contribution in [3.8, 4) is 5.75 Å². The number of nitrogens with zero attached hydrogens (tertiary/aromatic N) is 4. The van der Waals surface area contributed by atoms with Crippen LogP contribution < -0.4 is 15.4 Å². The van der Waals surface area contributed by atoms with Gasteiger partial charge in [-0.3, -0.25) is 10.6 Å². The van der Waals surface area contributed by atoms with Crippen LogP contribution in [0.4, 0.5) is 22.0 Å². The van der Waals surface area contributed by atoms with Gasteiger partial charge in [0.2, 0.25) is 0 Å². The highest BCUT2D eigenvalue weighted by molar-refractivity contribution is 7.09. The Labute approximate surface area is 220 Å². The predicted molar refractivity (Wildman–Crippen MR) is 132 cm³/mol. The lowest BCUT2D eigenvalue weighted by Crippen LogP contribution is -2.31. The molecule has 204 valence electrons. The predicted octanol–water partition coefficient (Wildman–Crippen LogP) is 5.47. The second-order valence-corrected chi connectivity index (χ2v) is 10.2. The maximum atomic E-state index is 12.9. The Balaban J connectivity index is 1.17. The second-order valence-electron chi connectivity index (χ2n) is 9.30. The maximum absolute atomic E-state index is 12.9. The zero-order valence-corrected chi connectivity index (χ0v) is 21.3. The first-order valence-corrected chi connectivity index (χ1v) is 13.1. The SMILES string of the molecule is Cc1cc(C(F)(F)F)nn1C=CN1CCC(c2nc(C3NCc4cccc(OC(F)F)c4CN3)cs2)CC1. The van der Waals surface area contributed by atoms with E-state index >= 15 is 0 Å². The molecule has 0 saturated carbocycles. The number of aromatic nitrogens is 3. The van der Waals surface area contributed by atoms with Crippen LogP contribution >= 0.6 is 11.3 Å². The summed E-state index contributed by atoms with van der Waals surface area (Å²) in [6.07, 6.45) is 0.390. The molecule has 0 bridgehead atoms. The molecule has 0 radical (unpaired) electrons. The monoisotopic (exact) mass is 554 g/mol. The van der Waals surface area contributed by atoms with E-state index < -0.39 is 18.5 Å². The van der Waals surface area contributed by atoms with Crippen molar-refractivity contribution in [2.45, 2.75) is 57.7 Å². The number of piperidine rings is 1. The molecule has 0 amide bonds. The van der Waals surface area contributed by atoms with E-state index in [1.807, 2.05) is 11.4 Å². The lowest BCUT2D eigenvalue weighted by atomic mass is 9.98. The van der Waals surface area contributed by atoms with Crippen LogP contribution in [0.25, 0.3) is 6.20 Å². The van der Waals surface area contributed by atoms with Gasteiger partial charge in [0.15, 0.2) is 5.69 Å². The van der Waals surface area contributed by atoms with Crippen molar-refractivity contribution in [3.05, 3.63) is 69.1 Å². The number of rotatable bonds is 6. The van der Waals surface area contributed by atoms with Gasteiger partial charge in [0.05, 0.1) is 10.7 Å². The summed E-state index contributed by atoms with van der Waals surface area (Å²) >= 11 is 1.60. The van der Waals surface area contributed by atoms with Crippen molar-refractivity contribution in [2.75, 3.05) is 13.1 Å². The number of likely N-dealkylation sites (tertiary alicyclic amines) is 1. The van der Waals surface area contributed by atoms with E-state index in [2.05, 4.69) is 20.6 Å². The first-order chi connectivity index (χ1) is 18.2. The molecule has 1 atom stereocenters. The van der Waals surface area contributed by atoms with E-state index in [4.69, 9.17) is 9.72 Å². The molecule has 4 heterocycles. The minimum Gasteiger partial charge on any atom is -0.434 e. The number of fused-ring (bicyclic) bond motifs is 1. The number of thiazole rings is 1. The fourth-order valence-electron chi connectivity index (χ4n) is 4.73. The van der Waals surface area contributed by atoms with Gasteiger partial charge in [0.25, 0.3) is 0 Å². The molecule has 13 heteroatoms. The number of hydrogen-bond acceptors (Lipinski definition) is 7. The largest absolute Gasteiger partial charge is 0.435 e. The fraction of sp³-hybridized carbons (Fsp3) is 0.440. The van der Waals surface area contributed by atoms with E-state index in [0.29, 0.717) is 24.3 Å². The molecule has 1 fully saturated rings. The van der Waals surface area contributed by atoms with Crippen LogP contribution in [-0.4, -0.2) is 39.4 Å². The average molecular weight is 555 g/mol. The second kappa shape index (κ2) is 11.0. The number of nitrogens with one attached hydrogen (secondary N) is 2.